The van der Waals surface area contributed by atoms with E-state index < -0.39 is 20.0 Å². The molecule has 5 nitrogen and oxygen atoms in total. The highest BCUT2D eigenvalue weighted by atomic mass is 32.2. The number of amides is 2. The third-order valence-corrected chi connectivity index (χ3v) is 11.1. The molecular weight excluding hydrogens is 402 g/mol. The SMILES string of the molecule is CC(C)(C)OC(=O)N1C(=O)C(Sc2ccccc2)C[C@H]1CO[Si](C)(C)C(C)(C)C. The first-order valence-electron chi connectivity index (χ1n) is 10.1. The van der Waals surface area contributed by atoms with Crippen molar-refractivity contribution < 1.29 is 18.8 Å². The lowest BCUT2D eigenvalue weighted by atomic mass is 10.2. The van der Waals surface area contributed by atoms with Gasteiger partial charge in [0.05, 0.1) is 17.9 Å². The van der Waals surface area contributed by atoms with Crippen LogP contribution in [0, 0.1) is 0 Å². The molecule has 2 atom stereocenters. The van der Waals surface area contributed by atoms with E-state index in [1.807, 2.05) is 51.1 Å². The number of ether oxygens (including phenoxy) is 1. The molecule has 0 radical (unpaired) electrons. The van der Waals surface area contributed by atoms with Crippen molar-refractivity contribution >= 4 is 32.1 Å². The summed E-state index contributed by atoms with van der Waals surface area (Å²) in [5.74, 6) is -0.197. The maximum absolute atomic E-state index is 13.1. The molecule has 1 aliphatic rings. The number of nitrogens with zero attached hydrogens (tertiary/aromatic N) is 1. The van der Waals surface area contributed by atoms with Crippen LogP contribution in [0.1, 0.15) is 48.0 Å². The van der Waals surface area contributed by atoms with Gasteiger partial charge in [0.25, 0.3) is 0 Å². The first-order valence-corrected chi connectivity index (χ1v) is 13.9. The average Bonchev–Trinajstić information content (AvgIpc) is 2.87. The number of thioether (sulfide) groups is 1. The van der Waals surface area contributed by atoms with Gasteiger partial charge >= 0.3 is 6.09 Å². The van der Waals surface area contributed by atoms with Crippen molar-refractivity contribution in [3.8, 4) is 0 Å². The van der Waals surface area contributed by atoms with Gasteiger partial charge < -0.3 is 9.16 Å². The molecule has 0 aliphatic carbocycles. The molecule has 1 saturated heterocycles. The molecule has 2 amide bonds. The fourth-order valence-corrected chi connectivity index (χ4v) is 4.98. The Balaban J connectivity index is 2.20. The van der Waals surface area contributed by atoms with Crippen LogP contribution in [-0.4, -0.2) is 48.7 Å². The Morgan fingerprint density at radius 3 is 2.24 bits per heavy atom. The smallest absolute Gasteiger partial charge is 0.417 e. The van der Waals surface area contributed by atoms with Crippen LogP contribution in [0.5, 0.6) is 0 Å². The van der Waals surface area contributed by atoms with Gasteiger partial charge in [0.1, 0.15) is 5.60 Å². The molecule has 1 aromatic carbocycles. The Kier molecular flexibility index (Phi) is 7.29. The highest BCUT2D eigenvalue weighted by molar-refractivity contribution is 8.00. The molecule has 162 valence electrons. The van der Waals surface area contributed by atoms with Crippen LogP contribution in [0.25, 0.3) is 0 Å². The largest absolute Gasteiger partial charge is 0.443 e. The maximum atomic E-state index is 13.1. The van der Waals surface area contributed by atoms with Crippen molar-refractivity contribution in [3.05, 3.63) is 30.3 Å². The number of likely N-dealkylation sites (tertiary alicyclic amines) is 1. The lowest BCUT2D eigenvalue weighted by Crippen LogP contribution is -2.48. The molecule has 7 heteroatoms. The highest BCUT2D eigenvalue weighted by Crippen LogP contribution is 2.39. The van der Waals surface area contributed by atoms with Crippen molar-refractivity contribution in [1.82, 2.24) is 4.90 Å². The van der Waals surface area contributed by atoms with Crippen molar-refractivity contribution in [2.75, 3.05) is 6.61 Å². The van der Waals surface area contributed by atoms with Crippen LogP contribution in [-0.2, 0) is 14.0 Å². The lowest BCUT2D eigenvalue weighted by Gasteiger charge is -2.37. The van der Waals surface area contributed by atoms with Crippen LogP contribution in [0.15, 0.2) is 35.2 Å². The second-order valence-corrected chi connectivity index (χ2v) is 16.2. The molecule has 0 N–H and O–H groups in total. The number of carbonyl (C=O) groups is 2. The molecule has 1 aromatic rings. The molecular formula is C22H35NO4SSi. The predicted molar refractivity (Wildman–Crippen MR) is 121 cm³/mol. The molecule has 29 heavy (non-hydrogen) atoms. The molecule has 1 unspecified atom stereocenters. The van der Waals surface area contributed by atoms with E-state index >= 15 is 0 Å². The minimum atomic E-state index is -2.00. The molecule has 1 aliphatic heterocycles. The van der Waals surface area contributed by atoms with E-state index in [2.05, 4.69) is 33.9 Å². The van der Waals surface area contributed by atoms with E-state index in [9.17, 15) is 9.59 Å². The summed E-state index contributed by atoms with van der Waals surface area (Å²) in [6.07, 6.45) is -0.0193. The van der Waals surface area contributed by atoms with Crippen LogP contribution in [0.4, 0.5) is 4.79 Å². The van der Waals surface area contributed by atoms with E-state index in [1.165, 1.54) is 16.7 Å². The Hall–Kier alpha value is -1.31. The summed E-state index contributed by atoms with van der Waals surface area (Å²) in [6.45, 7) is 16.7. The first kappa shape index (κ1) is 24.0. The summed E-state index contributed by atoms with van der Waals surface area (Å²) in [7, 11) is -2.00. The summed E-state index contributed by atoms with van der Waals surface area (Å²) in [5, 5.41) is -0.261. The zero-order valence-corrected chi connectivity index (χ0v) is 20.8. The van der Waals surface area contributed by atoms with Gasteiger partial charge in [0, 0.05) is 4.90 Å². The Morgan fingerprint density at radius 1 is 1.14 bits per heavy atom. The van der Waals surface area contributed by atoms with E-state index in [4.69, 9.17) is 9.16 Å². The normalized spacial score (nSPS) is 20.8. The Labute approximate surface area is 180 Å². The van der Waals surface area contributed by atoms with E-state index in [-0.39, 0.29) is 22.2 Å². The second kappa shape index (κ2) is 8.82. The lowest BCUT2D eigenvalue weighted by molar-refractivity contribution is -0.128. The number of hydrogen-bond donors (Lipinski definition) is 0. The molecule has 2 rings (SSSR count). The van der Waals surface area contributed by atoms with Gasteiger partial charge in [-0.15, -0.1) is 11.8 Å². The number of imide groups is 1. The first-order chi connectivity index (χ1) is 13.2. The van der Waals surface area contributed by atoms with Crippen molar-refractivity contribution in [3.63, 3.8) is 0 Å². The fourth-order valence-electron chi connectivity index (χ4n) is 2.76. The number of benzene rings is 1. The van der Waals surface area contributed by atoms with Gasteiger partial charge in [0.15, 0.2) is 8.32 Å². The van der Waals surface area contributed by atoms with Crippen molar-refractivity contribution in [2.24, 2.45) is 0 Å². The quantitative estimate of drug-likeness (QED) is 0.553. The van der Waals surface area contributed by atoms with E-state index in [0.29, 0.717) is 13.0 Å². The zero-order chi connectivity index (χ0) is 22.0. The zero-order valence-electron chi connectivity index (χ0n) is 18.9. The van der Waals surface area contributed by atoms with E-state index in [0.717, 1.165) is 4.90 Å². The van der Waals surface area contributed by atoms with Gasteiger partial charge in [-0.1, -0.05) is 39.0 Å². The third-order valence-electron chi connectivity index (χ3n) is 5.42. The Bertz CT molecular complexity index is 725. The van der Waals surface area contributed by atoms with Crippen molar-refractivity contribution in [2.45, 2.75) is 87.9 Å². The number of hydrogen-bond acceptors (Lipinski definition) is 5. The van der Waals surface area contributed by atoms with Gasteiger partial charge in [0.2, 0.25) is 5.91 Å². The molecule has 0 saturated carbocycles. The standard InChI is InChI=1S/C22H35NO4SSi/c1-21(2,3)27-20(25)23-16(15-26-29(7,8)22(4,5)6)14-18(19(23)24)28-17-12-10-9-11-13-17/h9-13,16,18H,14-15H2,1-8H3/t16-,18?/m0/s1. The average molecular weight is 438 g/mol. The van der Waals surface area contributed by atoms with Crippen LogP contribution >= 0.6 is 11.8 Å². The molecule has 1 heterocycles. The van der Waals surface area contributed by atoms with E-state index in [1.54, 1.807) is 0 Å². The van der Waals surface area contributed by atoms with Crippen LogP contribution in [0.2, 0.25) is 18.1 Å². The minimum absolute atomic E-state index is 0.0601. The van der Waals surface area contributed by atoms with Crippen molar-refractivity contribution in [1.29, 1.82) is 0 Å². The van der Waals surface area contributed by atoms with Gasteiger partial charge in [-0.2, -0.15) is 0 Å². The summed E-state index contributed by atoms with van der Waals surface area (Å²) in [5.41, 5.74) is -0.660. The summed E-state index contributed by atoms with van der Waals surface area (Å²) in [6, 6.07) is 9.50. The van der Waals surface area contributed by atoms with Gasteiger partial charge in [-0.3, -0.25) is 4.79 Å². The van der Waals surface area contributed by atoms with Gasteiger partial charge in [-0.25, -0.2) is 9.69 Å². The monoisotopic (exact) mass is 437 g/mol. The van der Waals surface area contributed by atoms with Crippen LogP contribution < -0.4 is 0 Å². The minimum Gasteiger partial charge on any atom is -0.443 e. The summed E-state index contributed by atoms with van der Waals surface area (Å²) >= 11 is 1.50. The topological polar surface area (TPSA) is 55.8 Å². The fraction of sp³-hybridized carbons (Fsp3) is 0.636. The Morgan fingerprint density at radius 2 is 1.72 bits per heavy atom. The molecule has 0 spiro atoms. The summed E-state index contributed by atoms with van der Waals surface area (Å²) < 4.78 is 11.9. The second-order valence-electron chi connectivity index (χ2n) is 10.1. The maximum Gasteiger partial charge on any atom is 0.417 e. The highest BCUT2D eigenvalue weighted by Gasteiger charge is 2.47. The van der Waals surface area contributed by atoms with Gasteiger partial charge in [-0.05, 0) is 57.5 Å². The molecule has 1 fully saturated rings. The number of rotatable bonds is 5. The molecule has 0 aromatic heterocycles. The van der Waals surface area contributed by atoms with Crippen LogP contribution in [0.3, 0.4) is 0 Å². The molecule has 0 bridgehead atoms. The number of carbonyl (C=O) groups excluding carboxylic acids is 2. The summed E-state index contributed by atoms with van der Waals surface area (Å²) in [4.78, 5) is 28.3. The third kappa shape index (κ3) is 6.33. The predicted octanol–water partition coefficient (Wildman–Crippen LogP) is 5.71.